The van der Waals surface area contributed by atoms with Gasteiger partial charge in [0.1, 0.15) is 12.4 Å². The van der Waals surface area contributed by atoms with E-state index in [1.165, 1.54) is 7.11 Å². The molecule has 0 aliphatic heterocycles. The molecule has 0 aromatic heterocycles. The zero-order chi connectivity index (χ0) is 14.3. The third kappa shape index (κ3) is 4.03. The van der Waals surface area contributed by atoms with Crippen molar-refractivity contribution >= 4 is 5.91 Å². The molecule has 0 aliphatic rings. The molecule has 1 aromatic carbocycles. The van der Waals surface area contributed by atoms with Gasteiger partial charge in [0.05, 0.1) is 21.3 Å². The van der Waals surface area contributed by atoms with Gasteiger partial charge < -0.3 is 24.3 Å². The number of nitrogens with one attached hydrogen (secondary N) is 1. The normalized spacial score (nSPS) is 9.89. The lowest BCUT2D eigenvalue weighted by Crippen LogP contribution is -2.26. The van der Waals surface area contributed by atoms with Crippen molar-refractivity contribution in [1.82, 2.24) is 5.32 Å². The Bertz CT molecular complexity index is 433. The summed E-state index contributed by atoms with van der Waals surface area (Å²) in [6.45, 7) is 0.349. The van der Waals surface area contributed by atoms with Crippen molar-refractivity contribution in [2.75, 3.05) is 35.0 Å². The molecule has 0 radical (unpaired) electrons. The number of amides is 1. The Morgan fingerprint density at radius 3 is 2.11 bits per heavy atom. The highest BCUT2D eigenvalue weighted by Crippen LogP contribution is 2.34. The zero-order valence-corrected chi connectivity index (χ0v) is 11.6. The molecule has 0 fully saturated rings. The van der Waals surface area contributed by atoms with Crippen LogP contribution in [0.25, 0.3) is 0 Å². The maximum Gasteiger partial charge on any atom is 0.246 e. The van der Waals surface area contributed by atoms with Crippen LogP contribution in [0.5, 0.6) is 17.2 Å². The van der Waals surface area contributed by atoms with E-state index >= 15 is 0 Å². The van der Waals surface area contributed by atoms with E-state index in [1.807, 2.05) is 0 Å². The van der Waals surface area contributed by atoms with Gasteiger partial charge in [0.15, 0.2) is 11.5 Å². The molecule has 1 N–H and O–H groups in total. The summed E-state index contributed by atoms with van der Waals surface area (Å²) in [5, 5.41) is 2.72. The quantitative estimate of drug-likeness (QED) is 0.799. The maximum absolute atomic E-state index is 11.4. The van der Waals surface area contributed by atoms with Crippen molar-refractivity contribution in [3.05, 3.63) is 17.7 Å². The summed E-state index contributed by atoms with van der Waals surface area (Å²) in [6, 6.07) is 3.49. The SMILES string of the molecule is COCC(=O)NCc1cc(OC)c(OC)cc1OC. The second kappa shape index (κ2) is 7.48. The molecular weight excluding hydrogens is 250 g/mol. The number of hydrogen-bond donors (Lipinski definition) is 1. The highest BCUT2D eigenvalue weighted by Gasteiger charge is 2.12. The molecule has 0 bridgehead atoms. The first-order valence-electron chi connectivity index (χ1n) is 5.70. The van der Waals surface area contributed by atoms with Crippen LogP contribution in [-0.2, 0) is 16.1 Å². The Hall–Kier alpha value is -1.95. The molecule has 0 unspecified atom stereocenters. The van der Waals surface area contributed by atoms with Crippen LogP contribution >= 0.6 is 0 Å². The van der Waals surface area contributed by atoms with Crippen LogP contribution in [0.15, 0.2) is 12.1 Å². The Kier molecular flexibility index (Phi) is 5.95. The molecular formula is C13H19NO5. The van der Waals surface area contributed by atoms with Crippen LogP contribution < -0.4 is 19.5 Å². The molecule has 6 heteroatoms. The lowest BCUT2D eigenvalue weighted by molar-refractivity contribution is -0.124. The zero-order valence-electron chi connectivity index (χ0n) is 11.6. The van der Waals surface area contributed by atoms with E-state index in [2.05, 4.69) is 5.32 Å². The average molecular weight is 269 g/mol. The fraction of sp³-hybridized carbons (Fsp3) is 0.462. The van der Waals surface area contributed by atoms with E-state index in [4.69, 9.17) is 18.9 Å². The number of benzene rings is 1. The molecule has 1 aromatic rings. The molecule has 0 heterocycles. The van der Waals surface area contributed by atoms with Crippen LogP contribution in [-0.4, -0.2) is 41.0 Å². The highest BCUT2D eigenvalue weighted by molar-refractivity contribution is 5.77. The van der Waals surface area contributed by atoms with Gasteiger partial charge in [0, 0.05) is 25.3 Å². The first kappa shape index (κ1) is 15.1. The number of carbonyl (C=O) groups is 1. The van der Waals surface area contributed by atoms with Crippen LogP contribution in [0, 0.1) is 0 Å². The van der Waals surface area contributed by atoms with Gasteiger partial charge in [0.25, 0.3) is 0 Å². The molecule has 106 valence electrons. The summed E-state index contributed by atoms with van der Waals surface area (Å²) in [7, 11) is 6.13. The first-order valence-corrected chi connectivity index (χ1v) is 5.70. The standard InChI is InChI=1S/C13H19NO5/c1-16-8-13(15)14-7-9-5-11(18-3)12(19-4)6-10(9)17-2/h5-6H,7-8H2,1-4H3,(H,14,15). The van der Waals surface area contributed by atoms with Crippen molar-refractivity contribution < 1.29 is 23.7 Å². The second-order valence-electron chi connectivity index (χ2n) is 3.73. The summed E-state index contributed by atoms with van der Waals surface area (Å²) in [5.74, 6) is 1.58. The lowest BCUT2D eigenvalue weighted by atomic mass is 10.1. The van der Waals surface area contributed by atoms with Gasteiger partial charge in [-0.2, -0.15) is 0 Å². The number of carbonyl (C=O) groups excluding carboxylic acids is 1. The van der Waals surface area contributed by atoms with E-state index in [0.29, 0.717) is 23.8 Å². The van der Waals surface area contributed by atoms with Gasteiger partial charge in [-0.15, -0.1) is 0 Å². The van der Waals surface area contributed by atoms with Gasteiger partial charge in [-0.25, -0.2) is 0 Å². The van der Waals surface area contributed by atoms with Crippen LogP contribution in [0.2, 0.25) is 0 Å². The van der Waals surface area contributed by atoms with Gasteiger partial charge in [-0.3, -0.25) is 4.79 Å². The summed E-state index contributed by atoms with van der Waals surface area (Å²) in [6.07, 6.45) is 0. The number of hydrogen-bond acceptors (Lipinski definition) is 5. The Morgan fingerprint density at radius 1 is 1.00 bits per heavy atom. The fourth-order valence-corrected chi connectivity index (χ4v) is 1.61. The van der Waals surface area contributed by atoms with E-state index in [9.17, 15) is 4.79 Å². The summed E-state index contributed by atoms with van der Waals surface area (Å²) < 4.78 is 20.4. The predicted molar refractivity (Wildman–Crippen MR) is 69.8 cm³/mol. The third-order valence-electron chi connectivity index (χ3n) is 2.54. The van der Waals surface area contributed by atoms with Gasteiger partial charge in [-0.1, -0.05) is 0 Å². The summed E-state index contributed by atoms with van der Waals surface area (Å²) >= 11 is 0. The molecule has 0 spiro atoms. The van der Waals surface area contributed by atoms with Crippen molar-refractivity contribution in [1.29, 1.82) is 0 Å². The van der Waals surface area contributed by atoms with Crippen LogP contribution in [0.3, 0.4) is 0 Å². The maximum atomic E-state index is 11.4. The minimum absolute atomic E-state index is 0.0234. The van der Waals surface area contributed by atoms with Crippen LogP contribution in [0.1, 0.15) is 5.56 Å². The van der Waals surface area contributed by atoms with E-state index in [0.717, 1.165) is 5.56 Å². The number of methoxy groups -OCH3 is 4. The fourth-order valence-electron chi connectivity index (χ4n) is 1.61. The lowest BCUT2D eigenvalue weighted by Gasteiger charge is -2.14. The minimum Gasteiger partial charge on any atom is -0.496 e. The predicted octanol–water partition coefficient (Wildman–Crippen LogP) is 0.975. The van der Waals surface area contributed by atoms with Crippen molar-refractivity contribution in [3.63, 3.8) is 0 Å². The largest absolute Gasteiger partial charge is 0.496 e. The van der Waals surface area contributed by atoms with Gasteiger partial charge in [0.2, 0.25) is 5.91 Å². The van der Waals surface area contributed by atoms with E-state index in [1.54, 1.807) is 33.5 Å². The molecule has 1 rings (SSSR count). The molecule has 19 heavy (non-hydrogen) atoms. The molecule has 0 aliphatic carbocycles. The van der Waals surface area contributed by atoms with Crippen molar-refractivity contribution in [3.8, 4) is 17.2 Å². The average Bonchev–Trinajstić information content (AvgIpc) is 2.44. The van der Waals surface area contributed by atoms with Crippen molar-refractivity contribution in [2.45, 2.75) is 6.54 Å². The van der Waals surface area contributed by atoms with Crippen LogP contribution in [0.4, 0.5) is 0 Å². The van der Waals surface area contributed by atoms with Gasteiger partial charge in [-0.05, 0) is 6.07 Å². The summed E-state index contributed by atoms with van der Waals surface area (Å²) in [4.78, 5) is 11.4. The Morgan fingerprint density at radius 2 is 1.58 bits per heavy atom. The monoisotopic (exact) mass is 269 g/mol. The number of ether oxygens (including phenoxy) is 4. The molecule has 0 saturated heterocycles. The second-order valence-corrected chi connectivity index (χ2v) is 3.73. The molecule has 0 saturated carbocycles. The molecule has 1 amide bonds. The van der Waals surface area contributed by atoms with E-state index in [-0.39, 0.29) is 12.5 Å². The summed E-state index contributed by atoms with van der Waals surface area (Å²) in [5.41, 5.74) is 0.796. The minimum atomic E-state index is -0.195. The topological polar surface area (TPSA) is 66.0 Å². The molecule has 6 nitrogen and oxygen atoms in total. The smallest absolute Gasteiger partial charge is 0.246 e. The van der Waals surface area contributed by atoms with Crippen molar-refractivity contribution in [2.24, 2.45) is 0 Å². The number of rotatable bonds is 7. The highest BCUT2D eigenvalue weighted by atomic mass is 16.5. The van der Waals surface area contributed by atoms with Gasteiger partial charge >= 0.3 is 0 Å². The third-order valence-corrected chi connectivity index (χ3v) is 2.54. The van der Waals surface area contributed by atoms with E-state index < -0.39 is 0 Å². The Balaban J connectivity index is 2.89. The first-order chi connectivity index (χ1) is 9.15. The Labute approximate surface area is 112 Å². The molecule has 0 atom stereocenters.